The molecule has 5 rings (SSSR count). The Bertz CT molecular complexity index is 1330. The topological polar surface area (TPSA) is 92.9 Å². The minimum atomic E-state index is -0.477. The molecular formula is C26H25FN6O3. The summed E-state index contributed by atoms with van der Waals surface area (Å²) in [6.07, 6.45) is 3.41. The Hall–Kier alpha value is -4.18. The van der Waals surface area contributed by atoms with Gasteiger partial charge in [0.25, 0.3) is 11.7 Å². The fraction of sp³-hybridized carbons (Fsp3) is 0.269. The number of fused-ring (bicyclic) bond motifs is 1. The minimum Gasteiger partial charge on any atom is -0.370 e. The van der Waals surface area contributed by atoms with E-state index in [0.29, 0.717) is 30.9 Å². The second kappa shape index (κ2) is 10.6. The first-order valence-electron chi connectivity index (χ1n) is 11.7. The predicted octanol–water partition coefficient (Wildman–Crippen LogP) is 2.38. The van der Waals surface area contributed by atoms with Gasteiger partial charge in [0.15, 0.2) is 0 Å². The van der Waals surface area contributed by atoms with E-state index in [4.69, 9.17) is 4.74 Å². The van der Waals surface area contributed by atoms with E-state index < -0.39 is 12.0 Å². The number of carbonyl (C=O) groups is 2. The van der Waals surface area contributed by atoms with Crippen LogP contribution in [0.1, 0.15) is 21.7 Å². The lowest BCUT2D eigenvalue weighted by atomic mass is 10.1. The van der Waals surface area contributed by atoms with E-state index in [1.807, 2.05) is 30.3 Å². The first-order chi connectivity index (χ1) is 17.5. The van der Waals surface area contributed by atoms with Gasteiger partial charge in [-0.3, -0.25) is 9.59 Å². The van der Waals surface area contributed by atoms with Crippen LogP contribution in [0.5, 0.6) is 0 Å². The zero-order valence-electron chi connectivity index (χ0n) is 19.5. The van der Waals surface area contributed by atoms with Crippen molar-refractivity contribution in [3.63, 3.8) is 0 Å². The summed E-state index contributed by atoms with van der Waals surface area (Å²) in [5.41, 5.74) is 1.79. The summed E-state index contributed by atoms with van der Waals surface area (Å²) in [5, 5.41) is 4.21. The average molecular weight is 489 g/mol. The van der Waals surface area contributed by atoms with Crippen molar-refractivity contribution in [2.45, 2.75) is 19.1 Å². The van der Waals surface area contributed by atoms with Crippen molar-refractivity contribution < 1.29 is 18.7 Å². The molecule has 0 spiro atoms. The first-order valence-corrected chi connectivity index (χ1v) is 11.7. The molecule has 2 amide bonds. The standard InChI is InChI=1S/C26H25FN6O3/c27-21-9-4-8-20(14-21)18-36-22-15-31(13-10-19-6-2-1-3-7-19)23(34)17-32(16-22)25(35)24-29-26-28-11-5-12-33(26)30-24/h1-9,11-12,14,22H,10,13,15-18H2. The summed E-state index contributed by atoms with van der Waals surface area (Å²) in [5.74, 6) is -0.746. The van der Waals surface area contributed by atoms with Crippen molar-refractivity contribution in [2.24, 2.45) is 0 Å². The third-order valence-electron chi connectivity index (χ3n) is 6.01. The second-order valence-electron chi connectivity index (χ2n) is 8.62. The van der Waals surface area contributed by atoms with E-state index >= 15 is 0 Å². The Kier molecular flexibility index (Phi) is 6.94. The molecule has 2 aromatic carbocycles. The maximum Gasteiger partial charge on any atom is 0.294 e. The Morgan fingerprint density at radius 3 is 2.69 bits per heavy atom. The molecule has 1 fully saturated rings. The molecule has 1 aliphatic heterocycles. The summed E-state index contributed by atoms with van der Waals surface area (Å²) < 4.78 is 21.1. The van der Waals surface area contributed by atoms with Gasteiger partial charge in [-0.15, -0.1) is 5.10 Å². The largest absolute Gasteiger partial charge is 0.370 e. The monoisotopic (exact) mass is 488 g/mol. The molecule has 9 nitrogen and oxygen atoms in total. The van der Waals surface area contributed by atoms with E-state index in [0.717, 1.165) is 5.56 Å². The van der Waals surface area contributed by atoms with Crippen LogP contribution in [0.3, 0.4) is 0 Å². The molecule has 2 aromatic heterocycles. The van der Waals surface area contributed by atoms with Crippen LogP contribution in [0.2, 0.25) is 0 Å². The lowest BCUT2D eigenvalue weighted by molar-refractivity contribution is -0.131. The number of hydrogen-bond acceptors (Lipinski definition) is 6. The first kappa shape index (κ1) is 23.6. The van der Waals surface area contributed by atoms with Crippen LogP contribution in [0.4, 0.5) is 4.39 Å². The molecule has 0 N–H and O–H groups in total. The van der Waals surface area contributed by atoms with Crippen LogP contribution in [0, 0.1) is 5.82 Å². The molecule has 1 aliphatic rings. The van der Waals surface area contributed by atoms with Crippen molar-refractivity contribution in [3.05, 3.63) is 95.8 Å². The number of aromatic nitrogens is 4. The minimum absolute atomic E-state index is 0.0388. The Labute approximate surface area is 207 Å². The third-order valence-corrected chi connectivity index (χ3v) is 6.01. The number of rotatable bonds is 7. The van der Waals surface area contributed by atoms with Gasteiger partial charge in [-0.25, -0.2) is 13.9 Å². The van der Waals surface area contributed by atoms with Crippen molar-refractivity contribution in [1.29, 1.82) is 0 Å². The van der Waals surface area contributed by atoms with E-state index in [-0.39, 0.29) is 37.2 Å². The van der Waals surface area contributed by atoms with Gasteiger partial charge < -0.3 is 14.5 Å². The molecule has 0 aliphatic carbocycles. The van der Waals surface area contributed by atoms with Crippen LogP contribution in [-0.2, 0) is 22.6 Å². The van der Waals surface area contributed by atoms with Gasteiger partial charge in [-0.2, -0.15) is 4.98 Å². The van der Waals surface area contributed by atoms with E-state index in [2.05, 4.69) is 15.1 Å². The van der Waals surface area contributed by atoms with Gasteiger partial charge in [0.1, 0.15) is 12.4 Å². The molecule has 36 heavy (non-hydrogen) atoms. The molecular weight excluding hydrogens is 463 g/mol. The molecule has 3 heterocycles. The number of hydrogen-bond donors (Lipinski definition) is 0. The fourth-order valence-electron chi connectivity index (χ4n) is 4.17. The number of ether oxygens (including phenoxy) is 1. The molecule has 4 aromatic rings. The highest BCUT2D eigenvalue weighted by atomic mass is 19.1. The average Bonchev–Trinajstić information content (AvgIpc) is 3.26. The maximum atomic E-state index is 13.6. The van der Waals surface area contributed by atoms with E-state index in [1.54, 1.807) is 35.5 Å². The van der Waals surface area contributed by atoms with Crippen LogP contribution >= 0.6 is 0 Å². The van der Waals surface area contributed by atoms with Crippen molar-refractivity contribution >= 4 is 17.6 Å². The van der Waals surface area contributed by atoms with Crippen LogP contribution in [0.15, 0.2) is 73.1 Å². The Morgan fingerprint density at radius 2 is 1.89 bits per heavy atom. The Balaban J connectivity index is 1.34. The van der Waals surface area contributed by atoms with Gasteiger partial charge in [-0.05, 0) is 35.7 Å². The van der Waals surface area contributed by atoms with Gasteiger partial charge in [0, 0.05) is 32.0 Å². The molecule has 0 bridgehead atoms. The SMILES string of the molecule is O=C1CN(C(=O)c2nc3ncccn3n2)CC(OCc2cccc(F)c2)CN1CCc1ccccc1. The molecule has 1 saturated heterocycles. The molecule has 1 atom stereocenters. The molecule has 1 unspecified atom stereocenters. The summed E-state index contributed by atoms with van der Waals surface area (Å²) in [6.45, 7) is 1.01. The Morgan fingerprint density at radius 1 is 1.06 bits per heavy atom. The third kappa shape index (κ3) is 5.55. The fourth-order valence-corrected chi connectivity index (χ4v) is 4.17. The zero-order valence-corrected chi connectivity index (χ0v) is 19.5. The number of amides is 2. The number of halogens is 1. The van der Waals surface area contributed by atoms with Gasteiger partial charge in [0.2, 0.25) is 11.7 Å². The van der Waals surface area contributed by atoms with Gasteiger partial charge in [0.05, 0.1) is 12.7 Å². The van der Waals surface area contributed by atoms with Crippen molar-refractivity contribution in [3.8, 4) is 0 Å². The lowest BCUT2D eigenvalue weighted by Gasteiger charge is -2.24. The maximum absolute atomic E-state index is 13.6. The van der Waals surface area contributed by atoms with Crippen molar-refractivity contribution in [1.82, 2.24) is 29.4 Å². The molecule has 10 heteroatoms. The summed E-state index contributed by atoms with van der Waals surface area (Å²) >= 11 is 0. The normalized spacial score (nSPS) is 16.4. The zero-order chi connectivity index (χ0) is 24.9. The van der Waals surface area contributed by atoms with Crippen molar-refractivity contribution in [2.75, 3.05) is 26.2 Å². The molecule has 0 radical (unpaired) electrons. The summed E-state index contributed by atoms with van der Waals surface area (Å²) in [4.78, 5) is 37.9. The highest BCUT2D eigenvalue weighted by Gasteiger charge is 2.32. The van der Waals surface area contributed by atoms with Gasteiger partial charge >= 0.3 is 0 Å². The number of carbonyl (C=O) groups excluding carboxylic acids is 2. The lowest BCUT2D eigenvalue weighted by Crippen LogP contribution is -2.40. The molecule has 0 saturated carbocycles. The van der Waals surface area contributed by atoms with E-state index in [1.165, 1.54) is 21.5 Å². The predicted molar refractivity (Wildman–Crippen MR) is 128 cm³/mol. The smallest absolute Gasteiger partial charge is 0.294 e. The number of nitrogens with zero attached hydrogens (tertiary/aromatic N) is 6. The summed E-state index contributed by atoms with van der Waals surface area (Å²) in [6, 6.07) is 17.8. The van der Waals surface area contributed by atoms with Crippen LogP contribution in [-0.4, -0.2) is 73.5 Å². The quantitative estimate of drug-likeness (QED) is 0.397. The van der Waals surface area contributed by atoms with E-state index in [9.17, 15) is 14.0 Å². The number of benzene rings is 2. The van der Waals surface area contributed by atoms with Crippen LogP contribution in [0.25, 0.3) is 5.78 Å². The highest BCUT2D eigenvalue weighted by molar-refractivity contribution is 5.94. The highest BCUT2D eigenvalue weighted by Crippen LogP contribution is 2.15. The second-order valence-corrected chi connectivity index (χ2v) is 8.62. The van der Waals surface area contributed by atoms with Gasteiger partial charge in [-0.1, -0.05) is 42.5 Å². The van der Waals surface area contributed by atoms with Crippen LogP contribution < -0.4 is 0 Å². The summed E-state index contributed by atoms with van der Waals surface area (Å²) in [7, 11) is 0. The molecule has 184 valence electrons.